The number of rotatable bonds is 5. The van der Waals surface area contributed by atoms with E-state index in [1.165, 1.54) is 4.90 Å². The highest BCUT2D eigenvalue weighted by molar-refractivity contribution is 5.93. The van der Waals surface area contributed by atoms with Gasteiger partial charge in [-0.1, -0.05) is 25.1 Å². The molecule has 4 heteroatoms. The summed E-state index contributed by atoms with van der Waals surface area (Å²) in [7, 11) is 2.05. The highest BCUT2D eigenvalue weighted by atomic mass is 35.5. The van der Waals surface area contributed by atoms with Crippen LogP contribution >= 0.6 is 0 Å². The number of aryl methyl sites for hydroxylation is 2. The quantitative estimate of drug-likeness (QED) is 0.649. The number of likely N-dealkylation sites (N-methyl/N-ethyl adjacent to an activating group) is 1. The molecule has 1 rings (SSSR count). The van der Waals surface area contributed by atoms with Crippen molar-refractivity contribution in [3.63, 3.8) is 0 Å². The van der Waals surface area contributed by atoms with E-state index in [0.29, 0.717) is 6.54 Å². The Morgan fingerprint density at radius 2 is 1.83 bits per heavy atom. The van der Waals surface area contributed by atoms with Crippen molar-refractivity contribution in [3.05, 3.63) is 29.3 Å². The maximum atomic E-state index is 11.9. The van der Waals surface area contributed by atoms with Crippen LogP contribution in [0, 0.1) is 13.8 Å². The molecule has 0 saturated carbocycles. The minimum Gasteiger partial charge on any atom is -1.00 e. The van der Waals surface area contributed by atoms with Gasteiger partial charge in [0.2, 0.25) is 0 Å². The molecule has 2 N–H and O–H groups in total. The summed E-state index contributed by atoms with van der Waals surface area (Å²) in [5.74, 6) is 0.0911. The number of hydrogen-bond acceptors (Lipinski definition) is 1. The average molecular weight is 271 g/mol. The monoisotopic (exact) mass is 270 g/mol. The SMILES string of the molecule is CCC[NH+](C)CC(=O)Nc1c(C)cccc1C.[Cl-]. The Bertz CT molecular complexity index is 373. The van der Waals surface area contributed by atoms with Crippen LogP contribution in [-0.2, 0) is 4.79 Å². The molecule has 0 aliphatic rings. The van der Waals surface area contributed by atoms with E-state index < -0.39 is 0 Å². The summed E-state index contributed by atoms with van der Waals surface area (Å²) in [5.41, 5.74) is 3.19. The van der Waals surface area contributed by atoms with Crippen molar-refractivity contribution in [2.24, 2.45) is 0 Å². The molecule has 0 fully saturated rings. The van der Waals surface area contributed by atoms with Crippen LogP contribution in [0.25, 0.3) is 0 Å². The lowest BCUT2D eigenvalue weighted by Gasteiger charge is -2.15. The molecule has 0 bridgehead atoms. The fraction of sp³-hybridized carbons (Fsp3) is 0.500. The van der Waals surface area contributed by atoms with Crippen molar-refractivity contribution in [1.82, 2.24) is 0 Å². The van der Waals surface area contributed by atoms with Crippen molar-refractivity contribution >= 4 is 11.6 Å². The molecular weight excluding hydrogens is 248 g/mol. The maximum Gasteiger partial charge on any atom is 0.279 e. The molecule has 1 aromatic carbocycles. The third-order valence-corrected chi connectivity index (χ3v) is 2.88. The molecule has 18 heavy (non-hydrogen) atoms. The molecule has 0 saturated heterocycles. The zero-order chi connectivity index (χ0) is 12.8. The van der Waals surface area contributed by atoms with Gasteiger partial charge in [0, 0.05) is 5.69 Å². The first-order valence-corrected chi connectivity index (χ1v) is 6.22. The lowest BCUT2D eigenvalue weighted by molar-refractivity contribution is -0.871. The van der Waals surface area contributed by atoms with Crippen molar-refractivity contribution in [2.45, 2.75) is 27.2 Å². The van der Waals surface area contributed by atoms with E-state index in [0.717, 1.165) is 29.8 Å². The molecule has 0 aliphatic heterocycles. The Morgan fingerprint density at radius 1 is 1.28 bits per heavy atom. The van der Waals surface area contributed by atoms with E-state index in [2.05, 4.69) is 12.2 Å². The van der Waals surface area contributed by atoms with Gasteiger partial charge in [-0.05, 0) is 31.4 Å². The van der Waals surface area contributed by atoms with Crippen LogP contribution in [0.5, 0.6) is 0 Å². The summed E-state index contributed by atoms with van der Waals surface area (Å²) in [5, 5.41) is 3.01. The van der Waals surface area contributed by atoms with Gasteiger partial charge in [-0.25, -0.2) is 0 Å². The number of nitrogens with one attached hydrogen (secondary N) is 2. The Kier molecular flexibility index (Phi) is 7.64. The number of quaternary nitrogens is 1. The first-order valence-electron chi connectivity index (χ1n) is 6.22. The second-order valence-electron chi connectivity index (χ2n) is 4.70. The topological polar surface area (TPSA) is 33.5 Å². The van der Waals surface area contributed by atoms with Gasteiger partial charge >= 0.3 is 0 Å². The maximum absolute atomic E-state index is 11.9. The first kappa shape index (κ1) is 16.9. The summed E-state index contributed by atoms with van der Waals surface area (Å²) >= 11 is 0. The molecule has 0 aromatic heterocycles. The normalized spacial score (nSPS) is 11.6. The van der Waals surface area contributed by atoms with Gasteiger partial charge in [0.15, 0.2) is 6.54 Å². The molecule has 1 amide bonds. The fourth-order valence-corrected chi connectivity index (χ4v) is 1.98. The van der Waals surface area contributed by atoms with Gasteiger partial charge in [0.05, 0.1) is 13.6 Å². The van der Waals surface area contributed by atoms with Gasteiger partial charge in [0.25, 0.3) is 5.91 Å². The lowest BCUT2D eigenvalue weighted by Crippen LogP contribution is -3.10. The van der Waals surface area contributed by atoms with Gasteiger partial charge in [-0.15, -0.1) is 0 Å². The Morgan fingerprint density at radius 3 is 2.33 bits per heavy atom. The fourth-order valence-electron chi connectivity index (χ4n) is 1.98. The molecule has 0 radical (unpaired) electrons. The summed E-state index contributed by atoms with van der Waals surface area (Å²) < 4.78 is 0. The number of benzene rings is 1. The second-order valence-corrected chi connectivity index (χ2v) is 4.70. The minimum atomic E-state index is 0. The zero-order valence-electron chi connectivity index (χ0n) is 11.6. The van der Waals surface area contributed by atoms with Gasteiger partial charge in [-0.2, -0.15) is 0 Å². The molecule has 1 unspecified atom stereocenters. The molecule has 0 heterocycles. The molecule has 0 aliphatic carbocycles. The number of hydrogen-bond donors (Lipinski definition) is 2. The van der Waals surface area contributed by atoms with E-state index in [-0.39, 0.29) is 18.3 Å². The molecule has 3 nitrogen and oxygen atoms in total. The molecular formula is C14H23ClN2O. The summed E-state index contributed by atoms with van der Waals surface area (Å²) in [4.78, 5) is 13.1. The summed E-state index contributed by atoms with van der Waals surface area (Å²) in [6.45, 7) is 7.73. The molecule has 1 atom stereocenters. The van der Waals surface area contributed by atoms with Crippen LogP contribution < -0.4 is 22.6 Å². The van der Waals surface area contributed by atoms with E-state index >= 15 is 0 Å². The van der Waals surface area contributed by atoms with Gasteiger partial charge < -0.3 is 22.6 Å². The number of halogens is 1. The van der Waals surface area contributed by atoms with E-state index in [1.54, 1.807) is 0 Å². The van der Waals surface area contributed by atoms with Crippen LogP contribution in [0.3, 0.4) is 0 Å². The summed E-state index contributed by atoms with van der Waals surface area (Å²) in [6.07, 6.45) is 1.10. The van der Waals surface area contributed by atoms with Crippen LogP contribution in [0.2, 0.25) is 0 Å². The van der Waals surface area contributed by atoms with E-state index in [1.807, 2.05) is 39.1 Å². The highest BCUT2D eigenvalue weighted by Crippen LogP contribution is 2.18. The average Bonchev–Trinajstić information content (AvgIpc) is 2.24. The zero-order valence-corrected chi connectivity index (χ0v) is 12.4. The standard InChI is InChI=1S/C14H22N2O.ClH/c1-5-9-16(4)10-13(17)15-14-11(2)7-6-8-12(14)3;/h6-8H,5,9-10H2,1-4H3,(H,15,17);1H. The summed E-state index contributed by atoms with van der Waals surface area (Å²) in [6, 6.07) is 6.05. The number of carbonyl (C=O) groups excluding carboxylic acids is 1. The largest absolute Gasteiger partial charge is 1.00 e. The predicted molar refractivity (Wildman–Crippen MR) is 71.5 cm³/mol. The lowest BCUT2D eigenvalue weighted by atomic mass is 10.1. The first-order chi connectivity index (χ1) is 8.04. The third-order valence-electron chi connectivity index (χ3n) is 2.88. The predicted octanol–water partition coefficient (Wildman–Crippen LogP) is -1.83. The Labute approximate surface area is 116 Å². The van der Waals surface area contributed by atoms with Crippen LogP contribution in [0.4, 0.5) is 5.69 Å². The minimum absolute atomic E-state index is 0. The third kappa shape index (κ3) is 5.07. The smallest absolute Gasteiger partial charge is 0.279 e. The Balaban J connectivity index is 0.00000289. The molecule has 102 valence electrons. The molecule has 1 aromatic rings. The second kappa shape index (κ2) is 8.11. The number of anilines is 1. The van der Waals surface area contributed by atoms with Crippen LogP contribution in [0.15, 0.2) is 18.2 Å². The number of para-hydroxylation sites is 1. The van der Waals surface area contributed by atoms with E-state index in [9.17, 15) is 4.79 Å². The van der Waals surface area contributed by atoms with Crippen LogP contribution in [0.1, 0.15) is 24.5 Å². The number of carbonyl (C=O) groups is 1. The molecule has 0 spiro atoms. The van der Waals surface area contributed by atoms with Crippen LogP contribution in [-0.4, -0.2) is 26.0 Å². The van der Waals surface area contributed by atoms with Crippen molar-refractivity contribution in [2.75, 3.05) is 25.5 Å². The van der Waals surface area contributed by atoms with E-state index in [4.69, 9.17) is 0 Å². The van der Waals surface area contributed by atoms with Crippen molar-refractivity contribution < 1.29 is 22.1 Å². The van der Waals surface area contributed by atoms with Crippen molar-refractivity contribution in [3.8, 4) is 0 Å². The van der Waals surface area contributed by atoms with Crippen molar-refractivity contribution in [1.29, 1.82) is 0 Å². The Hall–Kier alpha value is -1.06. The van der Waals surface area contributed by atoms with Gasteiger partial charge in [-0.3, -0.25) is 4.79 Å². The van der Waals surface area contributed by atoms with Gasteiger partial charge in [0.1, 0.15) is 0 Å². The number of amides is 1. The highest BCUT2D eigenvalue weighted by Gasteiger charge is 2.11.